The van der Waals surface area contributed by atoms with Gasteiger partial charge in [0.05, 0.1) is 11.8 Å². The summed E-state index contributed by atoms with van der Waals surface area (Å²) in [6.45, 7) is 0. The molecule has 13 heteroatoms. The van der Waals surface area contributed by atoms with E-state index in [-0.39, 0.29) is 16.8 Å². The van der Waals surface area contributed by atoms with Crippen LogP contribution in [-0.4, -0.2) is 47.3 Å². The molecule has 0 spiro atoms. The zero-order valence-electron chi connectivity index (χ0n) is 18.1. The van der Waals surface area contributed by atoms with E-state index in [9.17, 15) is 27.5 Å². The first kappa shape index (κ1) is 26.4. The second-order valence-electron chi connectivity index (χ2n) is 7.58. The number of amides is 3. The second kappa shape index (κ2) is 9.84. The summed E-state index contributed by atoms with van der Waals surface area (Å²) in [4.78, 5) is 21.4. The number of hydrogen-bond acceptors (Lipinski definition) is 6. The molecule has 2 aromatic carbocycles. The van der Waals surface area contributed by atoms with Crippen LogP contribution in [0, 0.1) is 5.82 Å². The predicted molar refractivity (Wildman–Crippen MR) is 135 cm³/mol. The third-order valence-electron chi connectivity index (χ3n) is 4.93. The van der Waals surface area contributed by atoms with Crippen molar-refractivity contribution < 1.29 is 27.5 Å². The number of carbonyl (C=O) groups excluding carboxylic acids is 2. The molecule has 0 aliphatic heterocycles. The monoisotopic (exact) mass is 538 g/mol. The van der Waals surface area contributed by atoms with E-state index < -0.39 is 43.4 Å². The van der Waals surface area contributed by atoms with E-state index in [1.54, 1.807) is 24.3 Å². The van der Waals surface area contributed by atoms with Gasteiger partial charge in [0.2, 0.25) is 10.0 Å². The summed E-state index contributed by atoms with van der Waals surface area (Å²) in [5.74, 6) is -1.42. The van der Waals surface area contributed by atoms with Crippen molar-refractivity contribution in [2.24, 2.45) is 5.73 Å². The molecule has 9 nitrogen and oxygen atoms in total. The van der Waals surface area contributed by atoms with Crippen LogP contribution in [0.15, 0.2) is 66.8 Å². The molecule has 0 radical (unpaired) electrons. The minimum absolute atomic E-state index is 0.180. The van der Waals surface area contributed by atoms with E-state index in [4.69, 9.17) is 29.6 Å². The molecule has 0 saturated carbocycles. The van der Waals surface area contributed by atoms with Gasteiger partial charge in [-0.25, -0.2) is 17.6 Å². The first-order valence-electron chi connectivity index (χ1n) is 9.84. The van der Waals surface area contributed by atoms with Gasteiger partial charge in [-0.1, -0.05) is 48.6 Å². The van der Waals surface area contributed by atoms with Crippen molar-refractivity contribution in [1.82, 2.24) is 10.0 Å². The number of aliphatic hydroxyl groups is 1. The number of primary amides is 1. The number of anilines is 1. The van der Waals surface area contributed by atoms with Crippen molar-refractivity contribution in [2.45, 2.75) is 10.6 Å². The minimum Gasteiger partial charge on any atom is -0.369 e. The van der Waals surface area contributed by atoms with Crippen LogP contribution in [0.4, 0.5) is 14.9 Å². The van der Waals surface area contributed by atoms with Gasteiger partial charge >= 0.3 is 6.03 Å². The zero-order chi connectivity index (χ0) is 26.0. The maximum absolute atomic E-state index is 14.1. The van der Waals surface area contributed by atoms with Gasteiger partial charge in [-0.2, -0.15) is 4.72 Å². The molecule has 184 valence electrons. The highest BCUT2D eigenvalue weighted by atomic mass is 35.5. The average Bonchev–Trinajstić information content (AvgIpc) is 2.75. The Labute approximate surface area is 210 Å². The number of allylic oxidation sites excluding steroid dienone is 2. The summed E-state index contributed by atoms with van der Waals surface area (Å²) in [6, 6.07) is 10.8. The number of urea groups is 1. The number of thiocarbonyl (C=S) groups is 1. The molecule has 0 saturated heterocycles. The Bertz CT molecular complexity index is 1380. The quantitative estimate of drug-likeness (QED) is 0.216. The van der Waals surface area contributed by atoms with Gasteiger partial charge < -0.3 is 21.5 Å². The molecule has 0 fully saturated rings. The maximum Gasteiger partial charge on any atom is 0.317 e. The third-order valence-corrected chi connectivity index (χ3v) is 6.73. The average molecular weight is 539 g/mol. The Morgan fingerprint density at radius 2 is 1.77 bits per heavy atom. The molecule has 0 heterocycles. The number of nitrogens with two attached hydrogens (primary N) is 1. The molecule has 0 bridgehead atoms. The lowest BCUT2D eigenvalue weighted by Gasteiger charge is -2.41. The fourth-order valence-electron chi connectivity index (χ4n) is 3.38. The Kier molecular flexibility index (Phi) is 7.43. The van der Waals surface area contributed by atoms with Crippen molar-refractivity contribution in [1.29, 1.82) is 0 Å². The van der Waals surface area contributed by atoms with E-state index >= 15 is 0 Å². The van der Waals surface area contributed by atoms with Crippen LogP contribution in [0.2, 0.25) is 0 Å². The van der Waals surface area contributed by atoms with Gasteiger partial charge in [0, 0.05) is 11.3 Å². The third kappa shape index (κ3) is 5.74. The highest BCUT2D eigenvalue weighted by molar-refractivity contribution is 7.88. The number of para-hydroxylation sites is 1. The van der Waals surface area contributed by atoms with E-state index in [1.165, 1.54) is 30.4 Å². The van der Waals surface area contributed by atoms with Crippen LogP contribution >= 0.6 is 23.8 Å². The normalized spacial score (nSPS) is 21.7. The SMILES string of the molecule is CS(=O)(=O)NC1(O)C=CC(c2ccccc2NC(=O)c2ccccc2F)=CC1(Cl)C(=S)NC(N)=O. The standard InChI is InChI=1S/C22H20ClFN4O5S2/c1-35(32,33)28-22(31)11-10-13(12-21(22,23)19(34)27-20(25)30)14-6-3-5-9-17(14)26-18(29)15-7-2-4-8-16(15)24/h2-12,28,31H,1H3,(H,26,29)(H3,25,27,30,34). The summed E-state index contributed by atoms with van der Waals surface area (Å²) >= 11 is 11.8. The number of nitrogens with one attached hydrogen (secondary N) is 3. The summed E-state index contributed by atoms with van der Waals surface area (Å²) in [5, 5.41) is 15.8. The molecule has 35 heavy (non-hydrogen) atoms. The van der Waals surface area contributed by atoms with Gasteiger partial charge in [0.25, 0.3) is 5.91 Å². The number of hydrogen-bond donors (Lipinski definition) is 5. The highest BCUT2D eigenvalue weighted by Gasteiger charge is 2.53. The largest absolute Gasteiger partial charge is 0.369 e. The number of benzene rings is 2. The topological polar surface area (TPSA) is 151 Å². The zero-order valence-corrected chi connectivity index (χ0v) is 20.5. The first-order chi connectivity index (χ1) is 16.3. The predicted octanol–water partition coefficient (Wildman–Crippen LogP) is 2.24. The molecule has 1 aliphatic rings. The highest BCUT2D eigenvalue weighted by Crippen LogP contribution is 2.41. The van der Waals surface area contributed by atoms with Crippen LogP contribution in [0.1, 0.15) is 15.9 Å². The minimum atomic E-state index is -4.02. The van der Waals surface area contributed by atoms with Gasteiger partial charge in [-0.05, 0) is 35.9 Å². The Hall–Kier alpha value is -3.16. The maximum atomic E-state index is 14.1. The molecular weight excluding hydrogens is 519 g/mol. The Morgan fingerprint density at radius 3 is 2.40 bits per heavy atom. The molecule has 3 rings (SSSR count). The second-order valence-corrected chi connectivity index (χ2v) is 10.3. The lowest BCUT2D eigenvalue weighted by atomic mass is 9.84. The van der Waals surface area contributed by atoms with Gasteiger partial charge in [0.1, 0.15) is 10.8 Å². The van der Waals surface area contributed by atoms with Gasteiger partial charge in [0.15, 0.2) is 10.6 Å². The van der Waals surface area contributed by atoms with Crippen LogP contribution < -0.4 is 21.1 Å². The van der Waals surface area contributed by atoms with E-state index in [1.807, 2.05) is 4.72 Å². The van der Waals surface area contributed by atoms with Crippen molar-refractivity contribution in [3.05, 3.63) is 83.7 Å². The number of halogens is 2. The summed E-state index contributed by atoms with van der Waals surface area (Å²) in [6.07, 6.45) is 4.40. The van der Waals surface area contributed by atoms with Crippen molar-refractivity contribution in [2.75, 3.05) is 11.6 Å². The smallest absolute Gasteiger partial charge is 0.317 e. The molecule has 2 aromatic rings. The van der Waals surface area contributed by atoms with E-state index in [2.05, 4.69) is 10.6 Å². The molecule has 1 aliphatic carbocycles. The van der Waals surface area contributed by atoms with E-state index in [0.29, 0.717) is 5.56 Å². The molecule has 3 amide bonds. The molecule has 2 atom stereocenters. The van der Waals surface area contributed by atoms with Crippen LogP contribution in [0.25, 0.3) is 5.57 Å². The lowest BCUT2D eigenvalue weighted by molar-refractivity contribution is 0.0695. The van der Waals surface area contributed by atoms with E-state index in [0.717, 1.165) is 18.4 Å². The van der Waals surface area contributed by atoms with Crippen molar-refractivity contribution in [3.63, 3.8) is 0 Å². The van der Waals surface area contributed by atoms with Crippen LogP contribution in [0.5, 0.6) is 0 Å². The summed E-state index contributed by atoms with van der Waals surface area (Å²) in [5.41, 5.74) is 3.39. The Balaban J connectivity index is 2.08. The number of carbonyl (C=O) groups is 2. The molecule has 0 aromatic heterocycles. The fourth-order valence-corrected chi connectivity index (χ4v) is 4.82. The Morgan fingerprint density at radius 1 is 1.14 bits per heavy atom. The summed E-state index contributed by atoms with van der Waals surface area (Å²) in [7, 11) is -4.02. The number of sulfonamides is 1. The van der Waals surface area contributed by atoms with Crippen molar-refractivity contribution >= 4 is 62.0 Å². The number of alkyl halides is 1. The fraction of sp³-hybridized carbons (Fsp3) is 0.136. The van der Waals surface area contributed by atoms with Gasteiger partial charge in [-0.3, -0.25) is 4.79 Å². The molecule has 2 unspecified atom stereocenters. The lowest BCUT2D eigenvalue weighted by Crippen LogP contribution is -2.66. The van der Waals surface area contributed by atoms with Crippen LogP contribution in [-0.2, 0) is 10.0 Å². The van der Waals surface area contributed by atoms with Gasteiger partial charge in [-0.15, -0.1) is 11.6 Å². The number of rotatable bonds is 6. The molecular formula is C22H20ClFN4O5S2. The van der Waals surface area contributed by atoms with Crippen molar-refractivity contribution in [3.8, 4) is 0 Å². The summed E-state index contributed by atoms with van der Waals surface area (Å²) < 4.78 is 39.9. The van der Waals surface area contributed by atoms with Crippen LogP contribution in [0.3, 0.4) is 0 Å². The first-order valence-corrected chi connectivity index (χ1v) is 12.5. The molecule has 6 N–H and O–H groups in total.